The van der Waals surface area contributed by atoms with E-state index in [1.807, 2.05) is 17.8 Å². The molecule has 2 rings (SSSR count). The summed E-state index contributed by atoms with van der Waals surface area (Å²) in [6.07, 6.45) is 8.53. The summed E-state index contributed by atoms with van der Waals surface area (Å²) in [5, 5.41) is 3.44. The molecule has 1 saturated carbocycles. The SMILES string of the molecule is COC(=O)c1cc(N)ccc1NCC1(SC)CCCCC1. The summed E-state index contributed by atoms with van der Waals surface area (Å²) < 4.78 is 5.11. The van der Waals surface area contributed by atoms with Crippen molar-refractivity contribution in [3.8, 4) is 0 Å². The van der Waals surface area contributed by atoms with E-state index in [1.54, 1.807) is 12.1 Å². The van der Waals surface area contributed by atoms with E-state index in [2.05, 4.69) is 11.6 Å². The Kier molecular flexibility index (Phi) is 5.39. The number of nitrogens with one attached hydrogen (secondary N) is 1. The highest BCUT2D eigenvalue weighted by Gasteiger charge is 2.31. The lowest BCUT2D eigenvalue weighted by Gasteiger charge is -2.36. The van der Waals surface area contributed by atoms with E-state index in [9.17, 15) is 4.79 Å². The van der Waals surface area contributed by atoms with Crippen LogP contribution in [0.2, 0.25) is 0 Å². The highest BCUT2D eigenvalue weighted by atomic mass is 32.2. The van der Waals surface area contributed by atoms with Gasteiger partial charge in [0.05, 0.1) is 12.7 Å². The molecule has 1 aliphatic carbocycles. The van der Waals surface area contributed by atoms with E-state index >= 15 is 0 Å². The molecule has 1 aromatic carbocycles. The molecule has 1 aliphatic rings. The van der Waals surface area contributed by atoms with Gasteiger partial charge in [-0.15, -0.1) is 0 Å². The largest absolute Gasteiger partial charge is 0.465 e. The number of esters is 1. The molecule has 5 heteroatoms. The quantitative estimate of drug-likeness (QED) is 0.643. The molecule has 0 unspecified atom stereocenters. The van der Waals surface area contributed by atoms with Crippen LogP contribution in [-0.2, 0) is 4.74 Å². The fourth-order valence-electron chi connectivity index (χ4n) is 2.90. The number of methoxy groups -OCH3 is 1. The van der Waals surface area contributed by atoms with Gasteiger partial charge < -0.3 is 15.8 Å². The molecule has 1 aromatic rings. The lowest BCUT2D eigenvalue weighted by molar-refractivity contribution is 0.0602. The lowest BCUT2D eigenvalue weighted by Crippen LogP contribution is -2.35. The molecule has 3 N–H and O–H groups in total. The van der Waals surface area contributed by atoms with Crippen molar-refractivity contribution >= 4 is 29.1 Å². The van der Waals surface area contributed by atoms with Gasteiger partial charge in [-0.25, -0.2) is 4.79 Å². The molecule has 0 aromatic heterocycles. The Morgan fingerprint density at radius 2 is 2.10 bits per heavy atom. The normalized spacial score (nSPS) is 17.2. The highest BCUT2D eigenvalue weighted by Crippen LogP contribution is 2.38. The second-order valence-electron chi connectivity index (χ2n) is 5.60. The lowest BCUT2D eigenvalue weighted by atomic mass is 9.88. The molecule has 116 valence electrons. The van der Waals surface area contributed by atoms with Crippen LogP contribution in [-0.4, -0.2) is 30.6 Å². The van der Waals surface area contributed by atoms with Crippen LogP contribution in [0, 0.1) is 0 Å². The van der Waals surface area contributed by atoms with Crippen LogP contribution >= 0.6 is 11.8 Å². The molecule has 0 atom stereocenters. The Morgan fingerprint density at radius 1 is 1.38 bits per heavy atom. The zero-order chi connectivity index (χ0) is 15.3. The summed E-state index contributed by atoms with van der Waals surface area (Å²) in [7, 11) is 1.39. The van der Waals surface area contributed by atoms with Crippen molar-refractivity contribution in [1.29, 1.82) is 0 Å². The first-order chi connectivity index (χ1) is 10.1. The van der Waals surface area contributed by atoms with Crippen molar-refractivity contribution in [3.05, 3.63) is 23.8 Å². The zero-order valence-corrected chi connectivity index (χ0v) is 13.6. The number of hydrogen-bond donors (Lipinski definition) is 2. The maximum atomic E-state index is 11.9. The average molecular weight is 308 g/mol. The summed E-state index contributed by atoms with van der Waals surface area (Å²) >= 11 is 1.93. The Balaban J connectivity index is 2.13. The first kappa shape index (κ1) is 16.0. The van der Waals surface area contributed by atoms with Crippen LogP contribution in [0.1, 0.15) is 42.5 Å². The minimum absolute atomic E-state index is 0.271. The minimum Gasteiger partial charge on any atom is -0.465 e. The Morgan fingerprint density at radius 3 is 2.71 bits per heavy atom. The zero-order valence-electron chi connectivity index (χ0n) is 12.8. The van der Waals surface area contributed by atoms with Gasteiger partial charge in [0.1, 0.15) is 0 Å². The van der Waals surface area contributed by atoms with E-state index in [4.69, 9.17) is 10.5 Å². The number of benzene rings is 1. The van der Waals surface area contributed by atoms with E-state index < -0.39 is 0 Å². The molecule has 0 bridgehead atoms. The molecule has 0 amide bonds. The van der Waals surface area contributed by atoms with Gasteiger partial charge in [0.25, 0.3) is 0 Å². The van der Waals surface area contributed by atoms with Crippen molar-refractivity contribution in [2.24, 2.45) is 0 Å². The molecule has 1 fully saturated rings. The molecule has 0 radical (unpaired) electrons. The topological polar surface area (TPSA) is 64.3 Å². The van der Waals surface area contributed by atoms with E-state index in [1.165, 1.54) is 39.2 Å². The minimum atomic E-state index is -0.355. The number of anilines is 2. The van der Waals surface area contributed by atoms with Gasteiger partial charge in [0.15, 0.2) is 0 Å². The van der Waals surface area contributed by atoms with E-state index in [-0.39, 0.29) is 10.7 Å². The standard InChI is InChI=1S/C16H24N2O2S/c1-20-15(19)13-10-12(17)6-7-14(13)18-11-16(21-2)8-4-3-5-9-16/h6-7,10,18H,3-5,8-9,11,17H2,1-2H3. The molecular weight excluding hydrogens is 284 g/mol. The number of carbonyl (C=O) groups excluding carboxylic acids is 1. The second-order valence-corrected chi connectivity index (χ2v) is 6.87. The molecule has 0 saturated heterocycles. The van der Waals surface area contributed by atoms with Gasteiger partial charge in [-0.3, -0.25) is 0 Å². The monoisotopic (exact) mass is 308 g/mol. The second kappa shape index (κ2) is 7.07. The van der Waals surface area contributed by atoms with Gasteiger partial charge in [0.2, 0.25) is 0 Å². The predicted molar refractivity (Wildman–Crippen MR) is 90.0 cm³/mol. The maximum Gasteiger partial charge on any atom is 0.340 e. The number of carbonyl (C=O) groups is 1. The summed E-state index contributed by atoms with van der Waals surface area (Å²) in [5.41, 5.74) is 7.64. The number of nitrogen functional groups attached to an aromatic ring is 1. The Bertz CT molecular complexity index is 499. The van der Waals surface area contributed by atoms with Crippen molar-refractivity contribution in [2.75, 3.05) is 31.0 Å². The molecule has 0 spiro atoms. The van der Waals surface area contributed by atoms with Gasteiger partial charge in [-0.2, -0.15) is 11.8 Å². The average Bonchev–Trinajstić information content (AvgIpc) is 2.53. The molecule has 4 nitrogen and oxygen atoms in total. The third-order valence-electron chi connectivity index (χ3n) is 4.25. The summed E-state index contributed by atoms with van der Waals surface area (Å²) in [5.74, 6) is -0.355. The van der Waals surface area contributed by atoms with Crippen LogP contribution in [0.5, 0.6) is 0 Å². The van der Waals surface area contributed by atoms with Crippen LogP contribution < -0.4 is 11.1 Å². The number of thioether (sulfide) groups is 1. The van der Waals surface area contributed by atoms with E-state index in [0.717, 1.165) is 12.2 Å². The van der Waals surface area contributed by atoms with Crippen LogP contribution in [0.4, 0.5) is 11.4 Å². The van der Waals surface area contributed by atoms with Crippen molar-refractivity contribution in [2.45, 2.75) is 36.9 Å². The van der Waals surface area contributed by atoms with Crippen molar-refractivity contribution < 1.29 is 9.53 Å². The van der Waals surface area contributed by atoms with Gasteiger partial charge in [-0.1, -0.05) is 19.3 Å². The molecule has 0 heterocycles. The number of ether oxygens (including phenoxy) is 1. The van der Waals surface area contributed by atoms with E-state index in [0.29, 0.717) is 11.3 Å². The summed E-state index contributed by atoms with van der Waals surface area (Å²) in [6.45, 7) is 0.863. The smallest absolute Gasteiger partial charge is 0.340 e. The van der Waals surface area contributed by atoms with Gasteiger partial charge in [-0.05, 0) is 37.3 Å². The first-order valence-electron chi connectivity index (χ1n) is 7.37. The third-order valence-corrected chi connectivity index (χ3v) is 5.67. The fraction of sp³-hybridized carbons (Fsp3) is 0.562. The van der Waals surface area contributed by atoms with Crippen molar-refractivity contribution in [1.82, 2.24) is 0 Å². The molecule has 21 heavy (non-hydrogen) atoms. The maximum absolute atomic E-state index is 11.9. The number of rotatable bonds is 5. The Labute approximate surface area is 130 Å². The van der Waals surface area contributed by atoms with Crippen LogP contribution in [0.3, 0.4) is 0 Å². The number of nitrogens with two attached hydrogens (primary N) is 1. The van der Waals surface area contributed by atoms with Crippen molar-refractivity contribution in [3.63, 3.8) is 0 Å². The van der Waals surface area contributed by atoms with Crippen LogP contribution in [0.15, 0.2) is 18.2 Å². The van der Waals surface area contributed by atoms with Gasteiger partial charge in [0, 0.05) is 22.7 Å². The third kappa shape index (κ3) is 3.84. The van der Waals surface area contributed by atoms with Crippen LogP contribution in [0.25, 0.3) is 0 Å². The molecular formula is C16H24N2O2S. The first-order valence-corrected chi connectivity index (χ1v) is 8.59. The fourth-order valence-corrected chi connectivity index (χ4v) is 3.81. The van der Waals surface area contributed by atoms with Gasteiger partial charge >= 0.3 is 5.97 Å². The summed E-state index contributed by atoms with van der Waals surface area (Å²) in [4.78, 5) is 11.9. The number of hydrogen-bond acceptors (Lipinski definition) is 5. The summed E-state index contributed by atoms with van der Waals surface area (Å²) in [6, 6.07) is 5.33. The highest BCUT2D eigenvalue weighted by molar-refractivity contribution is 8.00. The predicted octanol–water partition coefficient (Wildman–Crippen LogP) is 3.53. The molecule has 0 aliphatic heterocycles. The Hall–Kier alpha value is -1.36.